The van der Waals surface area contributed by atoms with E-state index in [1.165, 1.54) is 0 Å². The summed E-state index contributed by atoms with van der Waals surface area (Å²) in [5.41, 5.74) is -1.89. The predicted octanol–water partition coefficient (Wildman–Crippen LogP) is 3.52. The minimum absolute atomic E-state index is 0.162. The van der Waals surface area contributed by atoms with Crippen molar-refractivity contribution in [3.8, 4) is 0 Å². The van der Waals surface area contributed by atoms with Crippen molar-refractivity contribution < 1.29 is 42.8 Å². The number of ether oxygens (including phenoxy) is 5. The van der Waals surface area contributed by atoms with Crippen molar-refractivity contribution >= 4 is 12.3 Å². The quantitative estimate of drug-likeness (QED) is 0.185. The number of esters is 1. The molecule has 0 spiro atoms. The molecular formula is C31H38O9. The van der Waals surface area contributed by atoms with Crippen molar-refractivity contribution in [2.45, 2.75) is 82.9 Å². The Bertz CT molecular complexity index is 1300. The number of epoxide rings is 1. The summed E-state index contributed by atoms with van der Waals surface area (Å²) in [4.78, 5) is 26.6. The van der Waals surface area contributed by atoms with Crippen molar-refractivity contribution in [1.29, 1.82) is 0 Å². The summed E-state index contributed by atoms with van der Waals surface area (Å²) in [6, 6.07) is 1.89. The Morgan fingerprint density at radius 1 is 1.18 bits per heavy atom. The average Bonchev–Trinajstić information content (AvgIpc) is 3.27. The van der Waals surface area contributed by atoms with Gasteiger partial charge in [-0.1, -0.05) is 26.0 Å². The van der Waals surface area contributed by atoms with Crippen LogP contribution in [0.4, 0.5) is 0 Å². The number of carbonyl (C=O) groups excluding carboxylic acids is 2. The highest BCUT2D eigenvalue weighted by atomic mass is 16.7. The Hall–Kier alpha value is -2.30. The number of aliphatic hydroxyl groups is 1. The van der Waals surface area contributed by atoms with Gasteiger partial charge >= 0.3 is 5.97 Å². The first-order chi connectivity index (χ1) is 19.0. The van der Waals surface area contributed by atoms with Gasteiger partial charge in [0.1, 0.15) is 18.0 Å². The lowest BCUT2D eigenvalue weighted by atomic mass is 9.43. The van der Waals surface area contributed by atoms with Gasteiger partial charge < -0.3 is 38.0 Å². The summed E-state index contributed by atoms with van der Waals surface area (Å²) in [5.74, 6) is -3.55. The standard InChI is InChI=1S/C31H38O9/c1-7-16(2)25(33)38-22-20(31-19(39-31)12-18(28(31,4)14-32)17-8-11-36-13-17)21-26(35-6)40-30(34)10-9-27(3)15-37-23(22)24(27)29(21,30)5/h7-11,13-14,18-24,26,34H,12,15H2,1-6H3/b16-7+/t18-,19-,20+,21+,22+,23+,24+,26-,27+,28-,29-,30+,31+/m1/s1. The van der Waals surface area contributed by atoms with Crippen molar-refractivity contribution in [2.24, 2.45) is 34.0 Å². The zero-order chi connectivity index (χ0) is 28.5. The second-order valence-electron chi connectivity index (χ2n) is 13.3. The summed E-state index contributed by atoms with van der Waals surface area (Å²) in [7, 11) is 1.56. The zero-order valence-corrected chi connectivity index (χ0v) is 23.8. The molecule has 7 rings (SSSR count). The Morgan fingerprint density at radius 3 is 2.60 bits per heavy atom. The fraction of sp³-hybridized carbons (Fsp3) is 0.677. The highest BCUT2D eigenvalue weighted by molar-refractivity contribution is 5.87. The molecule has 6 aliphatic rings. The molecule has 0 aromatic carbocycles. The van der Waals surface area contributed by atoms with Crippen LogP contribution in [-0.4, -0.2) is 67.1 Å². The summed E-state index contributed by atoms with van der Waals surface area (Å²) in [6.45, 7) is 9.99. The number of hydrogen-bond donors (Lipinski definition) is 1. The molecule has 5 fully saturated rings. The minimum Gasteiger partial charge on any atom is -0.472 e. The molecule has 3 saturated heterocycles. The highest BCUT2D eigenvalue weighted by Gasteiger charge is 2.87. The third-order valence-corrected chi connectivity index (χ3v) is 11.8. The summed E-state index contributed by atoms with van der Waals surface area (Å²) in [6.07, 6.45) is 7.90. The molecule has 0 bridgehead atoms. The summed E-state index contributed by atoms with van der Waals surface area (Å²) < 4.78 is 37.3. The minimum atomic E-state index is -1.64. The molecule has 9 nitrogen and oxygen atoms in total. The number of rotatable bonds is 6. The molecule has 0 radical (unpaired) electrons. The number of allylic oxidation sites excluding steroid dienone is 1. The first-order valence-corrected chi connectivity index (χ1v) is 14.2. The smallest absolute Gasteiger partial charge is 0.333 e. The summed E-state index contributed by atoms with van der Waals surface area (Å²) >= 11 is 0. The fourth-order valence-corrected chi connectivity index (χ4v) is 9.69. The van der Waals surface area contributed by atoms with Crippen LogP contribution in [0.2, 0.25) is 0 Å². The zero-order valence-electron chi connectivity index (χ0n) is 23.8. The molecule has 0 unspecified atom stereocenters. The van der Waals surface area contributed by atoms with Crippen LogP contribution in [0.25, 0.3) is 0 Å². The number of hydrogen-bond acceptors (Lipinski definition) is 9. The van der Waals surface area contributed by atoms with E-state index in [0.717, 1.165) is 11.8 Å². The van der Waals surface area contributed by atoms with Crippen LogP contribution in [0.5, 0.6) is 0 Å². The molecule has 9 heteroatoms. The van der Waals surface area contributed by atoms with Gasteiger partial charge in [-0.3, -0.25) is 0 Å². The van der Waals surface area contributed by atoms with Crippen molar-refractivity contribution in [2.75, 3.05) is 13.7 Å². The first-order valence-electron chi connectivity index (χ1n) is 14.2. The van der Waals surface area contributed by atoms with Gasteiger partial charge in [-0.25, -0.2) is 4.79 Å². The van der Waals surface area contributed by atoms with Gasteiger partial charge in [-0.2, -0.15) is 0 Å². The SMILES string of the molecule is C/C=C(\C)C(=O)O[C@@H]1[C@@H]2OC[C@]3(C)C=C[C@]4(O)O[C@@H](OC)[C@H]([C@@H]1[C@@]15O[C@@H]1C[C@H](c1ccoc1)[C@@]5(C)C=O)[C@]4(C)[C@@H]23. The van der Waals surface area contributed by atoms with E-state index < -0.39 is 63.9 Å². The molecule has 1 aromatic rings. The van der Waals surface area contributed by atoms with E-state index in [0.29, 0.717) is 18.6 Å². The largest absolute Gasteiger partial charge is 0.472 e. The molecule has 13 atom stereocenters. The van der Waals surface area contributed by atoms with Crippen LogP contribution in [0.3, 0.4) is 0 Å². The van der Waals surface area contributed by atoms with Gasteiger partial charge in [0.05, 0.1) is 36.8 Å². The Balaban J connectivity index is 1.45. The molecule has 1 aromatic heterocycles. The van der Waals surface area contributed by atoms with Crippen LogP contribution in [0.15, 0.2) is 46.8 Å². The van der Waals surface area contributed by atoms with E-state index in [4.69, 9.17) is 28.1 Å². The summed E-state index contributed by atoms with van der Waals surface area (Å²) in [5, 5.41) is 12.1. The second-order valence-corrected chi connectivity index (χ2v) is 13.3. The molecule has 2 saturated carbocycles. The van der Waals surface area contributed by atoms with Gasteiger partial charge in [0, 0.05) is 47.2 Å². The molecule has 216 valence electrons. The average molecular weight is 555 g/mol. The van der Waals surface area contributed by atoms with E-state index >= 15 is 0 Å². The van der Waals surface area contributed by atoms with Crippen LogP contribution in [0.1, 0.15) is 52.5 Å². The predicted molar refractivity (Wildman–Crippen MR) is 140 cm³/mol. The van der Waals surface area contributed by atoms with Crippen LogP contribution in [-0.2, 0) is 33.3 Å². The molecule has 3 aliphatic carbocycles. The van der Waals surface area contributed by atoms with E-state index in [-0.39, 0.29) is 17.9 Å². The van der Waals surface area contributed by atoms with Gasteiger partial charge in [0.15, 0.2) is 12.1 Å². The van der Waals surface area contributed by atoms with Gasteiger partial charge in [-0.15, -0.1) is 0 Å². The van der Waals surface area contributed by atoms with Crippen LogP contribution < -0.4 is 0 Å². The fourth-order valence-electron chi connectivity index (χ4n) is 9.69. The lowest BCUT2D eigenvalue weighted by Crippen LogP contribution is -2.70. The van der Waals surface area contributed by atoms with Crippen molar-refractivity contribution in [3.05, 3.63) is 48.0 Å². The van der Waals surface area contributed by atoms with E-state index in [9.17, 15) is 14.7 Å². The number of methoxy groups -OCH3 is 1. The number of fused-ring (bicyclic) bond motifs is 1. The number of aldehydes is 1. The molecule has 3 aliphatic heterocycles. The maximum atomic E-state index is 13.4. The van der Waals surface area contributed by atoms with Crippen molar-refractivity contribution in [1.82, 2.24) is 0 Å². The van der Waals surface area contributed by atoms with Gasteiger partial charge in [0.2, 0.25) is 0 Å². The molecule has 0 amide bonds. The van der Waals surface area contributed by atoms with E-state index in [1.54, 1.807) is 45.6 Å². The Labute approximate surface area is 233 Å². The maximum absolute atomic E-state index is 13.4. The lowest BCUT2D eigenvalue weighted by Gasteiger charge is -2.60. The normalized spacial score (nSPS) is 53.7. The van der Waals surface area contributed by atoms with E-state index in [1.807, 2.05) is 26.0 Å². The Kier molecular flexibility index (Phi) is 5.43. The molecule has 40 heavy (non-hydrogen) atoms. The highest BCUT2D eigenvalue weighted by Crippen LogP contribution is 2.77. The monoisotopic (exact) mass is 554 g/mol. The van der Waals surface area contributed by atoms with Crippen LogP contribution in [0, 0.1) is 34.0 Å². The maximum Gasteiger partial charge on any atom is 0.333 e. The molecular weight excluding hydrogens is 516 g/mol. The Morgan fingerprint density at radius 2 is 1.95 bits per heavy atom. The third-order valence-electron chi connectivity index (χ3n) is 11.8. The second kappa shape index (κ2) is 8.16. The van der Waals surface area contributed by atoms with Crippen molar-refractivity contribution in [3.63, 3.8) is 0 Å². The van der Waals surface area contributed by atoms with Crippen LogP contribution >= 0.6 is 0 Å². The third kappa shape index (κ3) is 2.86. The number of furan rings is 1. The lowest BCUT2D eigenvalue weighted by molar-refractivity contribution is -0.262. The first kappa shape index (κ1) is 26.6. The van der Waals surface area contributed by atoms with Gasteiger partial charge in [-0.05, 0) is 44.9 Å². The number of carbonyl (C=O) groups is 2. The molecule has 4 heterocycles. The van der Waals surface area contributed by atoms with E-state index in [2.05, 4.69) is 6.92 Å². The van der Waals surface area contributed by atoms with Gasteiger partial charge in [0.25, 0.3) is 0 Å². The molecule has 1 N–H and O–H groups in total. The topological polar surface area (TPSA) is 117 Å².